The minimum absolute atomic E-state index is 0.215. The maximum absolute atomic E-state index is 5.21. The van der Waals surface area contributed by atoms with E-state index in [-0.39, 0.29) is 5.41 Å². The van der Waals surface area contributed by atoms with Gasteiger partial charge in [0.05, 0.1) is 0 Å². The van der Waals surface area contributed by atoms with Crippen molar-refractivity contribution in [3.8, 4) is 0 Å². The smallest absolute Gasteiger partial charge is 0.181 e. The molecule has 0 saturated carbocycles. The second-order valence-electron chi connectivity index (χ2n) is 4.27. The van der Waals surface area contributed by atoms with E-state index < -0.39 is 0 Å². The molecule has 1 aromatic carbocycles. The molecule has 0 atom stereocenters. The summed E-state index contributed by atoms with van der Waals surface area (Å²) in [5.74, 6) is 0. The number of rotatable bonds is 2. The molecule has 0 bridgehead atoms. The number of oxazole rings is 1. The summed E-state index contributed by atoms with van der Waals surface area (Å²) in [5.41, 5.74) is 3.35. The molecule has 74 valence electrons. The Morgan fingerprint density at radius 2 is 2.14 bits per heavy atom. The van der Waals surface area contributed by atoms with Crippen LogP contribution in [0.25, 0.3) is 11.1 Å². The average molecular weight is 189 g/mol. The van der Waals surface area contributed by atoms with Crippen LogP contribution in [-0.2, 0) is 5.41 Å². The molecule has 0 spiro atoms. The highest BCUT2D eigenvalue weighted by molar-refractivity contribution is 5.73. The lowest BCUT2D eigenvalue weighted by Crippen LogP contribution is -2.14. The van der Waals surface area contributed by atoms with Gasteiger partial charge >= 0.3 is 0 Å². The Balaban J connectivity index is 2.53. The van der Waals surface area contributed by atoms with Crippen molar-refractivity contribution in [1.82, 2.24) is 4.98 Å². The molecular weight excluding hydrogens is 174 g/mol. The van der Waals surface area contributed by atoms with Crippen molar-refractivity contribution in [3.05, 3.63) is 30.2 Å². The van der Waals surface area contributed by atoms with Gasteiger partial charge in [-0.2, -0.15) is 0 Å². The first kappa shape index (κ1) is 9.25. The minimum Gasteiger partial charge on any atom is -0.443 e. The van der Waals surface area contributed by atoms with E-state index in [9.17, 15) is 0 Å². The quantitative estimate of drug-likeness (QED) is 0.722. The Morgan fingerprint density at radius 1 is 1.36 bits per heavy atom. The molecule has 2 heteroatoms. The molecule has 1 aromatic heterocycles. The summed E-state index contributed by atoms with van der Waals surface area (Å²) in [6, 6.07) is 6.23. The van der Waals surface area contributed by atoms with E-state index in [1.54, 1.807) is 0 Å². The Kier molecular flexibility index (Phi) is 2.06. The summed E-state index contributed by atoms with van der Waals surface area (Å²) in [6.07, 6.45) is 2.61. The summed E-state index contributed by atoms with van der Waals surface area (Å²) in [7, 11) is 0. The first-order valence-electron chi connectivity index (χ1n) is 4.97. The van der Waals surface area contributed by atoms with Crippen molar-refractivity contribution in [2.45, 2.75) is 32.6 Å². The van der Waals surface area contributed by atoms with Gasteiger partial charge in [0, 0.05) is 0 Å². The monoisotopic (exact) mass is 189 g/mol. The second kappa shape index (κ2) is 3.12. The van der Waals surface area contributed by atoms with Crippen LogP contribution in [0.5, 0.6) is 0 Å². The number of aromatic nitrogens is 1. The number of hydrogen-bond donors (Lipinski definition) is 0. The Bertz CT molecular complexity index is 442. The highest BCUT2D eigenvalue weighted by Gasteiger charge is 2.18. The Hall–Kier alpha value is -1.31. The van der Waals surface area contributed by atoms with Crippen molar-refractivity contribution in [2.24, 2.45) is 0 Å². The lowest BCUT2D eigenvalue weighted by Gasteiger charge is -2.22. The highest BCUT2D eigenvalue weighted by atomic mass is 16.3. The molecule has 0 aliphatic heterocycles. The third-order valence-electron chi connectivity index (χ3n) is 3.00. The zero-order valence-electron chi connectivity index (χ0n) is 8.87. The molecule has 2 rings (SSSR count). The Labute approximate surface area is 84.0 Å². The van der Waals surface area contributed by atoms with Gasteiger partial charge in [-0.1, -0.05) is 26.8 Å². The molecule has 14 heavy (non-hydrogen) atoms. The first-order valence-corrected chi connectivity index (χ1v) is 4.97. The van der Waals surface area contributed by atoms with E-state index in [2.05, 4.69) is 37.9 Å². The van der Waals surface area contributed by atoms with Gasteiger partial charge in [-0.25, -0.2) is 4.98 Å². The normalized spacial score (nSPS) is 12.2. The zero-order chi connectivity index (χ0) is 10.2. The van der Waals surface area contributed by atoms with Crippen LogP contribution in [0.2, 0.25) is 0 Å². The molecule has 1 heterocycles. The SMILES string of the molecule is CCC(C)(C)c1ccc2ocnc2c1. The molecule has 0 N–H and O–H groups in total. The predicted octanol–water partition coefficient (Wildman–Crippen LogP) is 3.52. The van der Waals surface area contributed by atoms with Gasteiger partial charge in [0.2, 0.25) is 0 Å². The van der Waals surface area contributed by atoms with Crippen LogP contribution in [0.1, 0.15) is 32.8 Å². The van der Waals surface area contributed by atoms with E-state index in [1.807, 2.05) is 6.07 Å². The van der Waals surface area contributed by atoms with Gasteiger partial charge in [0.1, 0.15) is 5.52 Å². The lowest BCUT2D eigenvalue weighted by molar-refractivity contribution is 0.506. The maximum Gasteiger partial charge on any atom is 0.181 e. The van der Waals surface area contributed by atoms with Crippen LogP contribution >= 0.6 is 0 Å². The summed E-state index contributed by atoms with van der Waals surface area (Å²) in [6.45, 7) is 6.69. The maximum atomic E-state index is 5.21. The van der Waals surface area contributed by atoms with Crippen molar-refractivity contribution in [3.63, 3.8) is 0 Å². The molecule has 0 amide bonds. The fourth-order valence-corrected chi connectivity index (χ4v) is 1.48. The molecule has 0 aliphatic rings. The summed E-state index contributed by atoms with van der Waals surface area (Å²) < 4.78 is 5.21. The summed E-state index contributed by atoms with van der Waals surface area (Å²) >= 11 is 0. The largest absolute Gasteiger partial charge is 0.443 e. The standard InChI is InChI=1S/C12H15NO/c1-4-12(2,3)9-5-6-11-10(7-9)13-8-14-11/h5-8H,4H2,1-3H3. The van der Waals surface area contributed by atoms with Gasteiger partial charge in [-0.05, 0) is 29.5 Å². The summed E-state index contributed by atoms with van der Waals surface area (Å²) in [5, 5.41) is 0. The molecule has 0 aliphatic carbocycles. The van der Waals surface area contributed by atoms with E-state index in [0.29, 0.717) is 0 Å². The van der Waals surface area contributed by atoms with Gasteiger partial charge in [0.15, 0.2) is 12.0 Å². The molecule has 0 saturated heterocycles. The number of benzene rings is 1. The number of nitrogens with zero attached hydrogens (tertiary/aromatic N) is 1. The van der Waals surface area contributed by atoms with Crippen LogP contribution < -0.4 is 0 Å². The van der Waals surface area contributed by atoms with E-state index in [1.165, 1.54) is 12.0 Å². The molecule has 2 nitrogen and oxygen atoms in total. The minimum atomic E-state index is 0.215. The second-order valence-corrected chi connectivity index (χ2v) is 4.27. The third kappa shape index (κ3) is 1.41. The third-order valence-corrected chi connectivity index (χ3v) is 3.00. The molecule has 0 fully saturated rings. The van der Waals surface area contributed by atoms with Crippen molar-refractivity contribution in [1.29, 1.82) is 0 Å². The number of fused-ring (bicyclic) bond motifs is 1. The lowest BCUT2D eigenvalue weighted by atomic mass is 9.82. The van der Waals surface area contributed by atoms with Crippen molar-refractivity contribution in [2.75, 3.05) is 0 Å². The molecular formula is C12H15NO. The van der Waals surface area contributed by atoms with Crippen molar-refractivity contribution < 1.29 is 4.42 Å². The molecule has 0 radical (unpaired) electrons. The number of hydrogen-bond acceptors (Lipinski definition) is 2. The van der Waals surface area contributed by atoms with Crippen LogP contribution in [0.4, 0.5) is 0 Å². The zero-order valence-corrected chi connectivity index (χ0v) is 8.87. The van der Waals surface area contributed by atoms with Crippen LogP contribution in [0.15, 0.2) is 29.0 Å². The first-order chi connectivity index (χ1) is 6.63. The van der Waals surface area contributed by atoms with Gasteiger partial charge in [-0.15, -0.1) is 0 Å². The van der Waals surface area contributed by atoms with E-state index in [0.717, 1.165) is 17.5 Å². The Morgan fingerprint density at radius 3 is 2.86 bits per heavy atom. The van der Waals surface area contributed by atoms with Gasteiger partial charge in [-0.3, -0.25) is 0 Å². The summed E-state index contributed by atoms with van der Waals surface area (Å²) in [4.78, 5) is 4.16. The molecule has 2 aromatic rings. The van der Waals surface area contributed by atoms with E-state index >= 15 is 0 Å². The van der Waals surface area contributed by atoms with Crippen LogP contribution in [0.3, 0.4) is 0 Å². The predicted molar refractivity (Wildman–Crippen MR) is 57.3 cm³/mol. The van der Waals surface area contributed by atoms with Gasteiger partial charge in [0.25, 0.3) is 0 Å². The van der Waals surface area contributed by atoms with Crippen molar-refractivity contribution >= 4 is 11.1 Å². The fraction of sp³-hybridized carbons (Fsp3) is 0.417. The topological polar surface area (TPSA) is 26.0 Å². The average Bonchev–Trinajstić information content (AvgIpc) is 2.64. The van der Waals surface area contributed by atoms with Crippen LogP contribution in [0, 0.1) is 0 Å². The molecule has 0 unspecified atom stereocenters. The highest BCUT2D eigenvalue weighted by Crippen LogP contribution is 2.28. The van der Waals surface area contributed by atoms with Crippen LogP contribution in [-0.4, -0.2) is 4.98 Å². The fourth-order valence-electron chi connectivity index (χ4n) is 1.48. The van der Waals surface area contributed by atoms with E-state index in [4.69, 9.17) is 4.42 Å². The van der Waals surface area contributed by atoms with Gasteiger partial charge < -0.3 is 4.42 Å².